The summed E-state index contributed by atoms with van der Waals surface area (Å²) < 4.78 is 0. The fraction of sp³-hybridized carbons (Fsp3) is 0.500. The Kier molecular flexibility index (Phi) is 6.61. The molecule has 7 nitrogen and oxygen atoms in total. The summed E-state index contributed by atoms with van der Waals surface area (Å²) in [6, 6.07) is 6.36. The maximum Gasteiger partial charge on any atom is 0.231 e. The zero-order valence-electron chi connectivity index (χ0n) is 19.1. The van der Waals surface area contributed by atoms with Crippen molar-refractivity contribution in [3.63, 3.8) is 0 Å². The van der Waals surface area contributed by atoms with Crippen molar-refractivity contribution in [3.8, 4) is 0 Å². The van der Waals surface area contributed by atoms with E-state index in [4.69, 9.17) is 4.98 Å². The Morgan fingerprint density at radius 2 is 1.77 bits per heavy atom. The lowest BCUT2D eigenvalue weighted by Gasteiger charge is -2.18. The Labute approximate surface area is 184 Å². The molecule has 3 aromatic rings. The van der Waals surface area contributed by atoms with Gasteiger partial charge in [0.1, 0.15) is 5.82 Å². The van der Waals surface area contributed by atoms with Gasteiger partial charge < -0.3 is 10.2 Å². The number of fused-ring (bicyclic) bond motifs is 3. The molecule has 2 aromatic heterocycles. The molecule has 0 radical (unpaired) electrons. The number of anilines is 3. The molecule has 1 aliphatic rings. The third-order valence-electron chi connectivity index (χ3n) is 6.06. The van der Waals surface area contributed by atoms with Gasteiger partial charge in [0.2, 0.25) is 11.9 Å². The van der Waals surface area contributed by atoms with Gasteiger partial charge in [-0.25, -0.2) is 15.0 Å². The number of nitrogens with one attached hydrogen (secondary N) is 2. The van der Waals surface area contributed by atoms with Crippen molar-refractivity contribution in [2.24, 2.45) is 0 Å². The van der Waals surface area contributed by atoms with E-state index in [-0.39, 0.29) is 0 Å². The summed E-state index contributed by atoms with van der Waals surface area (Å²) >= 11 is 0. The minimum absolute atomic E-state index is 0.526. The average Bonchev–Trinajstić information content (AvgIpc) is 3.23. The van der Waals surface area contributed by atoms with Crippen LogP contribution in [0.4, 0.5) is 17.7 Å². The third-order valence-corrected chi connectivity index (χ3v) is 6.06. The molecule has 0 amide bonds. The first-order valence-electron chi connectivity index (χ1n) is 11.5. The lowest BCUT2D eigenvalue weighted by Crippen LogP contribution is -2.25. The molecule has 0 saturated carbocycles. The molecule has 0 aliphatic heterocycles. The van der Waals surface area contributed by atoms with E-state index in [1.165, 1.54) is 17.5 Å². The predicted molar refractivity (Wildman–Crippen MR) is 127 cm³/mol. The molecule has 0 saturated heterocycles. The molecule has 2 N–H and O–H groups in total. The molecule has 4 rings (SSSR count). The number of aromatic nitrogens is 4. The van der Waals surface area contributed by atoms with E-state index in [2.05, 4.69) is 56.5 Å². The smallest absolute Gasteiger partial charge is 0.231 e. The van der Waals surface area contributed by atoms with Gasteiger partial charge in [-0.3, -0.25) is 5.32 Å². The van der Waals surface area contributed by atoms with E-state index in [1.54, 1.807) is 0 Å². The number of benzene rings is 1. The summed E-state index contributed by atoms with van der Waals surface area (Å²) in [6.07, 6.45) is 4.50. The van der Waals surface area contributed by atoms with Crippen LogP contribution in [0.15, 0.2) is 18.2 Å². The number of nitrogens with zero attached hydrogens (tertiary/aromatic N) is 5. The van der Waals surface area contributed by atoms with Crippen molar-refractivity contribution >= 4 is 28.6 Å². The lowest BCUT2D eigenvalue weighted by atomic mass is 10.0. The molecule has 0 fully saturated rings. The first-order valence-corrected chi connectivity index (χ1v) is 11.5. The molecule has 2 heterocycles. The van der Waals surface area contributed by atoms with Crippen LogP contribution in [0.3, 0.4) is 0 Å². The molecule has 164 valence electrons. The highest BCUT2D eigenvalue weighted by atomic mass is 15.2. The molecule has 0 spiro atoms. The minimum Gasteiger partial charge on any atom is -0.370 e. The summed E-state index contributed by atoms with van der Waals surface area (Å²) in [6.45, 7) is 12.6. The fourth-order valence-corrected chi connectivity index (χ4v) is 4.35. The normalized spacial score (nSPS) is 13.1. The Morgan fingerprint density at radius 3 is 2.58 bits per heavy atom. The van der Waals surface area contributed by atoms with Crippen molar-refractivity contribution < 1.29 is 0 Å². The van der Waals surface area contributed by atoms with E-state index in [0.717, 1.165) is 73.6 Å². The Morgan fingerprint density at radius 1 is 0.968 bits per heavy atom. The maximum absolute atomic E-state index is 4.85. The zero-order chi connectivity index (χ0) is 21.8. The van der Waals surface area contributed by atoms with Gasteiger partial charge in [-0.15, -0.1) is 0 Å². The molecule has 7 heteroatoms. The number of aryl methyl sites for hydroxylation is 4. The van der Waals surface area contributed by atoms with Crippen molar-refractivity contribution in [1.82, 2.24) is 24.8 Å². The summed E-state index contributed by atoms with van der Waals surface area (Å²) in [5.41, 5.74) is 5.73. The van der Waals surface area contributed by atoms with Crippen molar-refractivity contribution in [2.45, 2.75) is 53.4 Å². The highest BCUT2D eigenvalue weighted by Gasteiger charge is 2.17. The molecule has 1 aliphatic carbocycles. The van der Waals surface area contributed by atoms with Gasteiger partial charge in [0.25, 0.3) is 0 Å². The largest absolute Gasteiger partial charge is 0.370 e. The van der Waals surface area contributed by atoms with Crippen LogP contribution in [0.2, 0.25) is 0 Å². The van der Waals surface area contributed by atoms with Gasteiger partial charge in [-0.1, -0.05) is 26.0 Å². The van der Waals surface area contributed by atoms with Gasteiger partial charge in [0, 0.05) is 23.7 Å². The van der Waals surface area contributed by atoms with Gasteiger partial charge in [0.15, 0.2) is 0 Å². The Hall–Kier alpha value is -2.80. The number of rotatable bonds is 9. The van der Waals surface area contributed by atoms with Crippen LogP contribution in [0.25, 0.3) is 10.9 Å². The first-order chi connectivity index (χ1) is 15.1. The molecule has 1 aromatic carbocycles. The quantitative estimate of drug-likeness (QED) is 0.497. The summed E-state index contributed by atoms with van der Waals surface area (Å²) in [4.78, 5) is 21.1. The summed E-state index contributed by atoms with van der Waals surface area (Å²) in [5, 5.41) is 7.81. The van der Waals surface area contributed by atoms with Gasteiger partial charge in [0.05, 0.1) is 11.2 Å². The van der Waals surface area contributed by atoms with E-state index in [9.17, 15) is 0 Å². The Bertz CT molecular complexity index is 1060. The molecule has 0 atom stereocenters. The van der Waals surface area contributed by atoms with Crippen molar-refractivity contribution in [2.75, 3.05) is 36.8 Å². The monoisotopic (exact) mass is 419 g/mol. The third kappa shape index (κ3) is 4.93. The summed E-state index contributed by atoms with van der Waals surface area (Å²) in [5.74, 6) is 1.91. The van der Waals surface area contributed by atoms with E-state index >= 15 is 0 Å². The number of hydrogen-bond donors (Lipinski definition) is 2. The van der Waals surface area contributed by atoms with Crippen LogP contribution >= 0.6 is 0 Å². The predicted octanol–water partition coefficient (Wildman–Crippen LogP) is 4.41. The standard InChI is InChI=1S/C24H33N7/c1-5-31(6-2)14-8-13-25-21-15-16(3)26-23(28-21)30-24-27-17(4)19-12-11-18-9-7-10-20(18)22(19)29-24/h11-12,15H,5-10,13-14H2,1-4H3,(H2,25,26,27,28,29,30). The van der Waals surface area contributed by atoms with E-state index in [1.807, 2.05) is 19.9 Å². The second-order valence-electron chi connectivity index (χ2n) is 8.24. The first kappa shape index (κ1) is 21.4. The van der Waals surface area contributed by atoms with Crippen LogP contribution in [0.5, 0.6) is 0 Å². The van der Waals surface area contributed by atoms with E-state index < -0.39 is 0 Å². The second kappa shape index (κ2) is 9.56. The molecule has 0 unspecified atom stereocenters. The maximum atomic E-state index is 4.85. The van der Waals surface area contributed by atoms with Gasteiger partial charge in [-0.2, -0.15) is 4.98 Å². The second-order valence-corrected chi connectivity index (χ2v) is 8.24. The fourth-order valence-electron chi connectivity index (χ4n) is 4.35. The average molecular weight is 420 g/mol. The van der Waals surface area contributed by atoms with Crippen molar-refractivity contribution in [3.05, 3.63) is 40.7 Å². The summed E-state index contributed by atoms with van der Waals surface area (Å²) in [7, 11) is 0. The van der Waals surface area contributed by atoms with Gasteiger partial charge in [-0.05, 0) is 70.3 Å². The molecule has 0 bridgehead atoms. The highest BCUT2D eigenvalue weighted by molar-refractivity contribution is 5.86. The SMILES string of the molecule is CCN(CC)CCCNc1cc(C)nc(Nc2nc(C)c3ccc4c(c3n2)CCC4)n1. The van der Waals surface area contributed by atoms with Gasteiger partial charge >= 0.3 is 0 Å². The number of hydrogen-bond acceptors (Lipinski definition) is 7. The van der Waals surface area contributed by atoms with Crippen LogP contribution in [-0.2, 0) is 12.8 Å². The lowest BCUT2D eigenvalue weighted by molar-refractivity contribution is 0.303. The van der Waals surface area contributed by atoms with Crippen LogP contribution in [0, 0.1) is 13.8 Å². The molecular weight excluding hydrogens is 386 g/mol. The van der Waals surface area contributed by atoms with E-state index in [0.29, 0.717) is 11.9 Å². The molecule has 31 heavy (non-hydrogen) atoms. The van der Waals surface area contributed by atoms with Crippen LogP contribution in [-0.4, -0.2) is 51.0 Å². The topological polar surface area (TPSA) is 78.9 Å². The minimum atomic E-state index is 0.526. The molecular formula is C24H33N7. The Balaban J connectivity index is 1.50. The van der Waals surface area contributed by atoms with Crippen LogP contribution in [0.1, 0.15) is 49.2 Å². The zero-order valence-corrected chi connectivity index (χ0v) is 19.1. The highest BCUT2D eigenvalue weighted by Crippen LogP contribution is 2.30. The van der Waals surface area contributed by atoms with Crippen LogP contribution < -0.4 is 10.6 Å². The van der Waals surface area contributed by atoms with Crippen molar-refractivity contribution in [1.29, 1.82) is 0 Å².